The smallest absolute Gasteiger partial charge is 0.0178 e. The average molecular weight is 311 g/mol. The van der Waals surface area contributed by atoms with Crippen LogP contribution in [0.5, 0.6) is 0 Å². The molecule has 0 amide bonds. The quantitative estimate of drug-likeness (QED) is 0.919. The van der Waals surface area contributed by atoms with Gasteiger partial charge in [-0.3, -0.25) is 0 Å². The van der Waals surface area contributed by atoms with Gasteiger partial charge in [0.1, 0.15) is 0 Å². The summed E-state index contributed by atoms with van der Waals surface area (Å²) in [5.41, 5.74) is 1.40. The molecule has 0 aliphatic carbocycles. The van der Waals surface area contributed by atoms with Gasteiger partial charge in [-0.2, -0.15) is 0 Å². The van der Waals surface area contributed by atoms with Gasteiger partial charge in [0.2, 0.25) is 0 Å². The summed E-state index contributed by atoms with van der Waals surface area (Å²) in [5, 5.41) is 3.77. The first kappa shape index (κ1) is 14.0. The first-order valence-electron chi connectivity index (χ1n) is 6.82. The molecule has 100 valence electrons. The summed E-state index contributed by atoms with van der Waals surface area (Å²) in [6.45, 7) is 4.74. The van der Waals surface area contributed by atoms with E-state index in [0.717, 1.165) is 6.42 Å². The Labute approximate surface area is 119 Å². The fourth-order valence-electron chi connectivity index (χ4n) is 2.65. The molecule has 0 aromatic heterocycles. The third-order valence-electron chi connectivity index (χ3n) is 3.67. The minimum Gasteiger partial charge on any atom is -0.311 e. The van der Waals surface area contributed by atoms with Crippen LogP contribution in [0.3, 0.4) is 0 Å². The molecule has 1 aromatic rings. The summed E-state index contributed by atoms with van der Waals surface area (Å²) in [5.74, 6) is 0. The Morgan fingerprint density at radius 2 is 2.11 bits per heavy atom. The summed E-state index contributed by atoms with van der Waals surface area (Å²) >= 11 is 3.53. The van der Waals surface area contributed by atoms with Gasteiger partial charge in [0.15, 0.2) is 0 Å². The van der Waals surface area contributed by atoms with Gasteiger partial charge < -0.3 is 10.2 Å². The van der Waals surface area contributed by atoms with Crippen molar-refractivity contribution in [3.63, 3.8) is 0 Å². The average Bonchev–Trinajstić information content (AvgIpc) is 2.32. The molecule has 2 rings (SSSR count). The molecule has 1 aromatic carbocycles. The molecule has 0 saturated carbocycles. The number of hydrogen-bond acceptors (Lipinski definition) is 2. The van der Waals surface area contributed by atoms with Gasteiger partial charge >= 0.3 is 0 Å². The number of piperidine rings is 1. The molecule has 1 heterocycles. The second-order valence-electron chi connectivity index (χ2n) is 5.48. The molecule has 0 radical (unpaired) electrons. The second-order valence-corrected chi connectivity index (χ2v) is 6.39. The van der Waals surface area contributed by atoms with Crippen molar-refractivity contribution in [2.75, 3.05) is 20.1 Å². The van der Waals surface area contributed by atoms with Gasteiger partial charge in [-0.05, 0) is 64.0 Å². The Balaban J connectivity index is 1.80. The van der Waals surface area contributed by atoms with Crippen molar-refractivity contribution in [1.82, 2.24) is 10.2 Å². The van der Waals surface area contributed by atoms with E-state index in [1.807, 2.05) is 0 Å². The van der Waals surface area contributed by atoms with E-state index in [1.165, 1.54) is 36.0 Å². The Kier molecular flexibility index (Phi) is 5.22. The number of hydrogen-bond donors (Lipinski definition) is 1. The zero-order valence-corrected chi connectivity index (χ0v) is 12.9. The van der Waals surface area contributed by atoms with Gasteiger partial charge in [0.05, 0.1) is 0 Å². The van der Waals surface area contributed by atoms with E-state index in [4.69, 9.17) is 0 Å². The van der Waals surface area contributed by atoms with Crippen molar-refractivity contribution in [2.45, 2.75) is 38.3 Å². The fourth-order valence-corrected chi connectivity index (χ4v) is 3.10. The highest BCUT2D eigenvalue weighted by Crippen LogP contribution is 2.14. The molecule has 0 unspecified atom stereocenters. The van der Waals surface area contributed by atoms with Crippen molar-refractivity contribution in [2.24, 2.45) is 0 Å². The van der Waals surface area contributed by atoms with Crippen LogP contribution < -0.4 is 5.32 Å². The standard InChI is InChI=1S/C15H23BrN2/c1-12(10-13-4-3-5-14(16)11-13)17-15-6-8-18(2)9-7-15/h3-5,11-12,15,17H,6-10H2,1-2H3/t12-/m0/s1. The van der Waals surface area contributed by atoms with Crippen LogP contribution in [0.4, 0.5) is 0 Å². The lowest BCUT2D eigenvalue weighted by Gasteiger charge is -2.31. The highest BCUT2D eigenvalue weighted by Gasteiger charge is 2.18. The Bertz CT molecular complexity index is 373. The van der Waals surface area contributed by atoms with Crippen molar-refractivity contribution in [3.8, 4) is 0 Å². The maximum Gasteiger partial charge on any atom is 0.0178 e. The summed E-state index contributed by atoms with van der Waals surface area (Å²) in [6, 6.07) is 9.86. The van der Waals surface area contributed by atoms with E-state index in [0.29, 0.717) is 12.1 Å². The lowest BCUT2D eigenvalue weighted by molar-refractivity contribution is 0.226. The van der Waals surface area contributed by atoms with Crippen LogP contribution in [-0.2, 0) is 6.42 Å². The summed E-state index contributed by atoms with van der Waals surface area (Å²) in [7, 11) is 2.21. The molecule has 0 bridgehead atoms. The molecule has 1 saturated heterocycles. The van der Waals surface area contributed by atoms with Crippen LogP contribution in [0.1, 0.15) is 25.3 Å². The van der Waals surface area contributed by atoms with Crippen molar-refractivity contribution >= 4 is 15.9 Å². The highest BCUT2D eigenvalue weighted by molar-refractivity contribution is 9.10. The molecule has 1 aliphatic rings. The molecule has 0 spiro atoms. The van der Waals surface area contributed by atoms with Crippen LogP contribution >= 0.6 is 15.9 Å². The first-order chi connectivity index (χ1) is 8.63. The topological polar surface area (TPSA) is 15.3 Å². The largest absolute Gasteiger partial charge is 0.311 e. The van der Waals surface area contributed by atoms with Crippen molar-refractivity contribution in [3.05, 3.63) is 34.3 Å². The molecule has 1 aliphatic heterocycles. The number of halogens is 1. The van der Waals surface area contributed by atoms with Crippen LogP contribution in [0.15, 0.2) is 28.7 Å². The Morgan fingerprint density at radius 3 is 2.78 bits per heavy atom. The van der Waals surface area contributed by atoms with Crippen LogP contribution in [0, 0.1) is 0 Å². The predicted molar refractivity (Wildman–Crippen MR) is 81.0 cm³/mol. The van der Waals surface area contributed by atoms with Gasteiger partial charge in [-0.1, -0.05) is 28.1 Å². The highest BCUT2D eigenvalue weighted by atomic mass is 79.9. The van der Waals surface area contributed by atoms with Crippen molar-refractivity contribution in [1.29, 1.82) is 0 Å². The summed E-state index contributed by atoms with van der Waals surface area (Å²) in [4.78, 5) is 2.41. The van der Waals surface area contributed by atoms with Crippen LogP contribution in [0.25, 0.3) is 0 Å². The SMILES string of the molecule is C[C@@H](Cc1cccc(Br)c1)NC1CCN(C)CC1. The van der Waals surface area contributed by atoms with Crippen LogP contribution in [0.2, 0.25) is 0 Å². The number of nitrogens with one attached hydrogen (secondary N) is 1. The first-order valence-corrected chi connectivity index (χ1v) is 7.62. The minimum absolute atomic E-state index is 0.549. The van der Waals surface area contributed by atoms with Crippen LogP contribution in [-0.4, -0.2) is 37.1 Å². The van der Waals surface area contributed by atoms with E-state index in [1.54, 1.807) is 0 Å². The zero-order valence-electron chi connectivity index (χ0n) is 11.3. The normalized spacial score (nSPS) is 19.9. The van der Waals surface area contributed by atoms with Gasteiger partial charge in [0, 0.05) is 16.6 Å². The molecule has 18 heavy (non-hydrogen) atoms. The Hall–Kier alpha value is -0.380. The monoisotopic (exact) mass is 310 g/mol. The van der Waals surface area contributed by atoms with E-state index in [2.05, 4.69) is 64.4 Å². The molecule has 2 nitrogen and oxygen atoms in total. The van der Waals surface area contributed by atoms with Gasteiger partial charge in [-0.25, -0.2) is 0 Å². The molecular formula is C15H23BrN2. The third kappa shape index (κ3) is 4.38. The van der Waals surface area contributed by atoms with Gasteiger partial charge in [-0.15, -0.1) is 0 Å². The molecule has 3 heteroatoms. The maximum atomic E-state index is 3.77. The lowest BCUT2D eigenvalue weighted by Crippen LogP contribution is -2.44. The van der Waals surface area contributed by atoms with Crippen molar-refractivity contribution < 1.29 is 0 Å². The Morgan fingerprint density at radius 1 is 1.39 bits per heavy atom. The van der Waals surface area contributed by atoms with E-state index in [9.17, 15) is 0 Å². The van der Waals surface area contributed by atoms with E-state index >= 15 is 0 Å². The fraction of sp³-hybridized carbons (Fsp3) is 0.600. The maximum absolute atomic E-state index is 3.77. The zero-order chi connectivity index (χ0) is 13.0. The lowest BCUT2D eigenvalue weighted by atomic mass is 10.0. The molecule has 1 atom stereocenters. The summed E-state index contributed by atoms with van der Waals surface area (Å²) < 4.78 is 1.17. The number of rotatable bonds is 4. The molecular weight excluding hydrogens is 288 g/mol. The molecule has 1 N–H and O–H groups in total. The number of likely N-dealkylation sites (tertiary alicyclic amines) is 1. The minimum atomic E-state index is 0.549. The number of benzene rings is 1. The summed E-state index contributed by atoms with van der Waals surface area (Å²) in [6.07, 6.45) is 3.66. The van der Waals surface area contributed by atoms with Gasteiger partial charge in [0.25, 0.3) is 0 Å². The predicted octanol–water partition coefficient (Wildman–Crippen LogP) is 3.06. The second kappa shape index (κ2) is 6.69. The molecule has 1 fully saturated rings. The third-order valence-corrected chi connectivity index (χ3v) is 4.16. The van der Waals surface area contributed by atoms with E-state index < -0.39 is 0 Å². The van der Waals surface area contributed by atoms with E-state index in [-0.39, 0.29) is 0 Å². The number of nitrogens with zero attached hydrogens (tertiary/aromatic N) is 1.